The molecular weight excluding hydrogens is 386 g/mol. The maximum Gasteiger partial charge on any atom is 0.230 e. The summed E-state index contributed by atoms with van der Waals surface area (Å²) in [6.07, 6.45) is 0. The molecule has 1 heterocycles. The van der Waals surface area contributed by atoms with Crippen LogP contribution in [0.25, 0.3) is 10.8 Å². The maximum absolute atomic E-state index is 11.7. The first-order valence-corrected chi connectivity index (χ1v) is 10.9. The number of methoxy groups -OCH3 is 1. The Balaban J connectivity index is 1.51. The lowest BCUT2D eigenvalue weighted by atomic mass is 10.1. The Morgan fingerprint density at radius 3 is 2.73 bits per heavy atom. The highest BCUT2D eigenvalue weighted by molar-refractivity contribution is 8.03. The van der Waals surface area contributed by atoms with Crippen molar-refractivity contribution in [1.29, 1.82) is 0 Å². The number of hydrogen-bond acceptors (Lipinski definition) is 7. The van der Waals surface area contributed by atoms with Crippen molar-refractivity contribution < 1.29 is 9.53 Å². The molecule has 1 amide bonds. The summed E-state index contributed by atoms with van der Waals surface area (Å²) in [7, 11) is 1.61. The number of carbonyl (C=O) groups is 1. The van der Waals surface area contributed by atoms with Crippen LogP contribution < -0.4 is 5.32 Å². The number of fused-ring (bicyclic) bond motifs is 1. The molecule has 3 rings (SSSR count). The van der Waals surface area contributed by atoms with Crippen LogP contribution in [0.4, 0.5) is 0 Å². The predicted octanol–water partition coefficient (Wildman–Crippen LogP) is 3.84. The van der Waals surface area contributed by atoms with Gasteiger partial charge in [0.25, 0.3) is 0 Å². The molecule has 0 bridgehead atoms. The number of nitrogens with zero attached hydrogens (tertiary/aromatic N) is 2. The maximum atomic E-state index is 11.7. The molecule has 0 aliphatic heterocycles. The quantitative estimate of drug-likeness (QED) is 0.431. The number of hydrogen-bond donors (Lipinski definition) is 1. The van der Waals surface area contributed by atoms with E-state index in [4.69, 9.17) is 4.74 Å². The van der Waals surface area contributed by atoms with Gasteiger partial charge in [0.05, 0.1) is 12.4 Å². The van der Waals surface area contributed by atoms with E-state index in [1.807, 2.05) is 0 Å². The largest absolute Gasteiger partial charge is 0.383 e. The summed E-state index contributed by atoms with van der Waals surface area (Å²) >= 11 is 4.61. The first kappa shape index (κ1) is 19.2. The molecule has 0 aliphatic rings. The van der Waals surface area contributed by atoms with E-state index in [1.54, 1.807) is 18.9 Å². The highest BCUT2D eigenvalue weighted by atomic mass is 32.2. The van der Waals surface area contributed by atoms with Crippen molar-refractivity contribution >= 4 is 51.5 Å². The van der Waals surface area contributed by atoms with Crippen LogP contribution in [0.2, 0.25) is 0 Å². The van der Waals surface area contributed by atoms with Crippen LogP contribution in [0, 0.1) is 0 Å². The minimum atomic E-state index is -0.0211. The molecule has 8 heteroatoms. The Labute approximate surface area is 164 Å². The second kappa shape index (κ2) is 9.91. The standard InChI is InChI=1S/C18H19N3O2S3/c1-23-10-9-19-16(22)12-25-18-21-20-17(26-18)24-11-14-7-4-6-13-5-2-3-8-15(13)14/h2-8H,9-12H2,1H3,(H,19,22). The van der Waals surface area contributed by atoms with Gasteiger partial charge in [0.2, 0.25) is 5.91 Å². The zero-order valence-corrected chi connectivity index (χ0v) is 16.8. The van der Waals surface area contributed by atoms with E-state index in [-0.39, 0.29) is 5.91 Å². The summed E-state index contributed by atoms with van der Waals surface area (Å²) in [5, 5.41) is 13.7. The van der Waals surface area contributed by atoms with Crippen molar-refractivity contribution in [2.45, 2.75) is 14.4 Å². The van der Waals surface area contributed by atoms with Gasteiger partial charge in [0.1, 0.15) is 0 Å². The molecule has 5 nitrogen and oxygen atoms in total. The normalized spacial score (nSPS) is 11.0. The van der Waals surface area contributed by atoms with Gasteiger partial charge in [-0.05, 0) is 16.3 Å². The van der Waals surface area contributed by atoms with Gasteiger partial charge in [0.15, 0.2) is 8.68 Å². The summed E-state index contributed by atoms with van der Waals surface area (Å²) in [6.45, 7) is 1.04. The third-order valence-electron chi connectivity index (χ3n) is 3.57. The zero-order valence-electron chi connectivity index (χ0n) is 14.3. The monoisotopic (exact) mass is 405 g/mol. The van der Waals surface area contributed by atoms with E-state index in [0.717, 1.165) is 14.4 Å². The molecule has 0 saturated carbocycles. The second-order valence-electron chi connectivity index (χ2n) is 5.39. The van der Waals surface area contributed by atoms with Gasteiger partial charge in [-0.1, -0.05) is 77.3 Å². The van der Waals surface area contributed by atoms with Gasteiger partial charge < -0.3 is 10.1 Å². The fourth-order valence-electron chi connectivity index (χ4n) is 2.34. The summed E-state index contributed by atoms with van der Waals surface area (Å²) in [5.41, 5.74) is 1.29. The molecule has 0 saturated heterocycles. The molecular formula is C18H19N3O2S3. The number of ether oxygens (including phenoxy) is 1. The minimum absolute atomic E-state index is 0.0211. The third kappa shape index (κ3) is 5.44. The van der Waals surface area contributed by atoms with Crippen LogP contribution in [0.15, 0.2) is 51.1 Å². The van der Waals surface area contributed by atoms with E-state index in [9.17, 15) is 4.79 Å². The average Bonchev–Trinajstić information content (AvgIpc) is 3.13. The van der Waals surface area contributed by atoms with Crippen molar-refractivity contribution in [3.05, 3.63) is 48.0 Å². The average molecular weight is 406 g/mol. The van der Waals surface area contributed by atoms with Gasteiger partial charge >= 0.3 is 0 Å². The summed E-state index contributed by atoms with van der Waals surface area (Å²) in [5.74, 6) is 1.16. The van der Waals surface area contributed by atoms with Crippen molar-refractivity contribution in [1.82, 2.24) is 15.5 Å². The molecule has 3 aromatic rings. The molecule has 1 N–H and O–H groups in total. The molecule has 0 radical (unpaired) electrons. The van der Waals surface area contributed by atoms with Crippen LogP contribution >= 0.6 is 34.9 Å². The van der Waals surface area contributed by atoms with Crippen LogP contribution in [0.1, 0.15) is 5.56 Å². The molecule has 0 unspecified atom stereocenters. The molecule has 26 heavy (non-hydrogen) atoms. The summed E-state index contributed by atoms with van der Waals surface area (Å²) in [6, 6.07) is 14.8. The first-order valence-electron chi connectivity index (χ1n) is 8.07. The topological polar surface area (TPSA) is 64.1 Å². The SMILES string of the molecule is COCCNC(=O)CSc1nnc(SCc2cccc3ccccc23)s1. The fourth-order valence-corrected chi connectivity index (χ4v) is 5.20. The molecule has 0 atom stereocenters. The van der Waals surface area contributed by atoms with Crippen LogP contribution in [0.5, 0.6) is 0 Å². The van der Waals surface area contributed by atoms with Gasteiger partial charge in [-0.3, -0.25) is 4.79 Å². The van der Waals surface area contributed by atoms with E-state index in [0.29, 0.717) is 18.9 Å². The number of thioether (sulfide) groups is 2. The number of aromatic nitrogens is 2. The first-order chi connectivity index (χ1) is 12.8. The van der Waals surface area contributed by atoms with Crippen molar-refractivity contribution in [2.75, 3.05) is 26.0 Å². The Hall–Kier alpha value is -1.61. The van der Waals surface area contributed by atoms with Gasteiger partial charge in [0, 0.05) is 19.4 Å². The number of benzene rings is 2. The number of rotatable bonds is 9. The zero-order chi connectivity index (χ0) is 18.2. The van der Waals surface area contributed by atoms with Crippen LogP contribution in [-0.2, 0) is 15.3 Å². The van der Waals surface area contributed by atoms with Crippen molar-refractivity contribution in [2.24, 2.45) is 0 Å². The minimum Gasteiger partial charge on any atom is -0.383 e. The summed E-state index contributed by atoms with van der Waals surface area (Å²) < 4.78 is 6.63. The molecule has 136 valence electrons. The number of carbonyl (C=O) groups excluding carboxylic acids is 1. The van der Waals surface area contributed by atoms with Crippen molar-refractivity contribution in [3.63, 3.8) is 0 Å². The number of amides is 1. The molecule has 0 spiro atoms. The number of nitrogens with one attached hydrogen (secondary N) is 1. The molecule has 2 aromatic carbocycles. The lowest BCUT2D eigenvalue weighted by molar-refractivity contribution is -0.118. The smallest absolute Gasteiger partial charge is 0.230 e. The van der Waals surface area contributed by atoms with Gasteiger partial charge in [-0.2, -0.15) is 0 Å². The lowest BCUT2D eigenvalue weighted by Gasteiger charge is -2.04. The third-order valence-corrected chi connectivity index (χ3v) is 6.81. The fraction of sp³-hybridized carbons (Fsp3) is 0.278. The van der Waals surface area contributed by atoms with E-state index in [2.05, 4.69) is 58.0 Å². The van der Waals surface area contributed by atoms with Gasteiger partial charge in [-0.25, -0.2) is 0 Å². The Bertz CT molecular complexity index is 864. The lowest BCUT2D eigenvalue weighted by Crippen LogP contribution is -2.28. The summed E-state index contributed by atoms with van der Waals surface area (Å²) in [4.78, 5) is 11.7. The van der Waals surface area contributed by atoms with E-state index < -0.39 is 0 Å². The molecule has 0 aliphatic carbocycles. The highest BCUT2D eigenvalue weighted by Crippen LogP contribution is 2.32. The van der Waals surface area contributed by atoms with E-state index in [1.165, 1.54) is 39.4 Å². The predicted molar refractivity (Wildman–Crippen MR) is 109 cm³/mol. The highest BCUT2D eigenvalue weighted by Gasteiger charge is 2.09. The second-order valence-corrected chi connectivity index (χ2v) is 8.81. The Kier molecular flexibility index (Phi) is 7.31. The van der Waals surface area contributed by atoms with Gasteiger partial charge in [-0.15, -0.1) is 10.2 Å². The van der Waals surface area contributed by atoms with Crippen LogP contribution in [-0.4, -0.2) is 42.1 Å². The molecule has 0 fully saturated rings. The van der Waals surface area contributed by atoms with Crippen LogP contribution in [0.3, 0.4) is 0 Å². The Morgan fingerprint density at radius 2 is 1.88 bits per heavy atom. The molecule has 1 aromatic heterocycles. The van der Waals surface area contributed by atoms with Crippen molar-refractivity contribution in [3.8, 4) is 0 Å². The van der Waals surface area contributed by atoms with E-state index >= 15 is 0 Å². The Morgan fingerprint density at radius 1 is 1.12 bits per heavy atom.